The average molecular weight is 286 g/mol. The average Bonchev–Trinajstić information content (AvgIpc) is 2.60. The van der Waals surface area contributed by atoms with Crippen LogP contribution in [-0.2, 0) is 5.54 Å². The first-order chi connectivity index (χ1) is 7.89. The molecule has 5 heteroatoms. The number of pyridine rings is 1. The van der Waals surface area contributed by atoms with Gasteiger partial charge in [-0.1, -0.05) is 13.8 Å². The number of halogens is 1. The van der Waals surface area contributed by atoms with Crippen LogP contribution in [0.25, 0.3) is 5.52 Å². The molecule has 2 aromatic rings. The highest BCUT2D eigenvalue weighted by molar-refractivity contribution is 8.00. The maximum Gasteiger partial charge on any atom is 0.132 e. The second-order valence-corrected chi connectivity index (χ2v) is 6.72. The molecule has 0 aliphatic carbocycles. The summed E-state index contributed by atoms with van der Waals surface area (Å²) in [5.74, 6) is 0.902. The van der Waals surface area contributed by atoms with Gasteiger partial charge in [-0.05, 0) is 26.0 Å². The lowest BCUT2D eigenvalue weighted by Gasteiger charge is -2.17. The molecule has 2 rings (SSSR count). The molecule has 0 saturated carbocycles. The number of rotatable bonds is 3. The number of imidazole rings is 1. The Bertz CT molecular complexity index is 529. The van der Waals surface area contributed by atoms with Crippen molar-refractivity contribution in [3.05, 3.63) is 30.4 Å². The molecule has 0 radical (unpaired) electrons. The molecule has 100 valence electrons. The number of hydrogen-bond donors (Lipinski definition) is 1. The smallest absolute Gasteiger partial charge is 0.132 e. The maximum absolute atomic E-state index is 6.13. The first-order valence-corrected chi connectivity index (χ1v) is 6.69. The quantitative estimate of drug-likeness (QED) is 0.879. The summed E-state index contributed by atoms with van der Waals surface area (Å²) in [5, 5.41) is 0.561. The number of nitrogens with two attached hydrogens (primary N) is 1. The number of nitrogens with zero attached hydrogens (tertiary/aromatic N) is 2. The van der Waals surface area contributed by atoms with Crippen LogP contribution in [-0.4, -0.2) is 14.6 Å². The molecule has 18 heavy (non-hydrogen) atoms. The molecule has 3 nitrogen and oxygen atoms in total. The molecule has 0 aromatic carbocycles. The maximum atomic E-state index is 6.13. The lowest BCUT2D eigenvalue weighted by molar-refractivity contribution is 0.511. The van der Waals surface area contributed by atoms with Crippen molar-refractivity contribution < 1.29 is 0 Å². The van der Waals surface area contributed by atoms with Crippen molar-refractivity contribution in [2.24, 2.45) is 5.73 Å². The zero-order valence-corrected chi connectivity index (χ0v) is 12.8. The third kappa shape index (κ3) is 2.99. The van der Waals surface area contributed by atoms with E-state index < -0.39 is 5.54 Å². The summed E-state index contributed by atoms with van der Waals surface area (Å²) in [5.41, 5.74) is 6.84. The predicted molar refractivity (Wildman–Crippen MR) is 80.6 cm³/mol. The summed E-state index contributed by atoms with van der Waals surface area (Å²) in [7, 11) is 0. The predicted octanol–water partition coefficient (Wildman–Crippen LogP) is 3.45. The Morgan fingerprint density at radius 3 is 2.61 bits per heavy atom. The molecule has 0 aliphatic rings. The Kier molecular flexibility index (Phi) is 4.70. The highest BCUT2D eigenvalue weighted by Crippen LogP contribution is 2.29. The third-order valence-corrected chi connectivity index (χ3v) is 3.54. The van der Waals surface area contributed by atoms with Crippen molar-refractivity contribution in [3.8, 4) is 0 Å². The van der Waals surface area contributed by atoms with E-state index in [2.05, 4.69) is 35.4 Å². The van der Waals surface area contributed by atoms with Gasteiger partial charge >= 0.3 is 0 Å². The normalized spacial score (nSPS) is 11.9. The molecular formula is C13H20ClN3S. The number of thioether (sulfide) groups is 1. The first-order valence-electron chi connectivity index (χ1n) is 5.81. The molecule has 0 amide bonds. The molecular weight excluding hydrogens is 266 g/mol. The Morgan fingerprint density at radius 2 is 2.06 bits per heavy atom. The van der Waals surface area contributed by atoms with E-state index in [1.54, 1.807) is 0 Å². The van der Waals surface area contributed by atoms with E-state index >= 15 is 0 Å². The van der Waals surface area contributed by atoms with E-state index in [9.17, 15) is 0 Å². The Balaban J connectivity index is 0.00000162. The molecule has 2 heterocycles. The minimum Gasteiger partial charge on any atom is -0.319 e. The van der Waals surface area contributed by atoms with Gasteiger partial charge in [0.15, 0.2) is 0 Å². The van der Waals surface area contributed by atoms with Gasteiger partial charge < -0.3 is 10.1 Å². The van der Waals surface area contributed by atoms with Crippen LogP contribution in [0.2, 0.25) is 0 Å². The van der Waals surface area contributed by atoms with E-state index in [-0.39, 0.29) is 12.4 Å². The molecule has 0 bridgehead atoms. The molecule has 0 unspecified atom stereocenters. The van der Waals surface area contributed by atoms with Crippen LogP contribution < -0.4 is 5.73 Å². The lowest BCUT2D eigenvalue weighted by atomic mass is 10.1. The lowest BCUT2D eigenvalue weighted by Crippen LogP contribution is -2.31. The molecule has 0 spiro atoms. The van der Waals surface area contributed by atoms with E-state index in [1.165, 1.54) is 4.90 Å². The van der Waals surface area contributed by atoms with Gasteiger partial charge in [-0.2, -0.15) is 0 Å². The van der Waals surface area contributed by atoms with Crippen molar-refractivity contribution in [1.82, 2.24) is 9.38 Å². The first kappa shape index (κ1) is 15.3. The largest absolute Gasteiger partial charge is 0.319 e. The summed E-state index contributed by atoms with van der Waals surface area (Å²) < 4.78 is 2.09. The third-order valence-electron chi connectivity index (χ3n) is 2.47. The van der Waals surface area contributed by atoms with Crippen LogP contribution in [0.4, 0.5) is 0 Å². The van der Waals surface area contributed by atoms with Crippen molar-refractivity contribution in [3.63, 3.8) is 0 Å². The van der Waals surface area contributed by atoms with Crippen LogP contribution in [0.5, 0.6) is 0 Å². The van der Waals surface area contributed by atoms with E-state index in [0.29, 0.717) is 5.25 Å². The van der Waals surface area contributed by atoms with Gasteiger partial charge in [0.1, 0.15) is 5.82 Å². The molecule has 0 atom stereocenters. The monoisotopic (exact) mass is 285 g/mol. The minimum atomic E-state index is -0.423. The fraction of sp³-hybridized carbons (Fsp3) is 0.462. The Hall–Kier alpha value is -0.710. The molecule has 2 N–H and O–H groups in total. The van der Waals surface area contributed by atoms with Gasteiger partial charge in [0, 0.05) is 16.3 Å². The summed E-state index contributed by atoms with van der Waals surface area (Å²) in [6.07, 6.45) is 3.94. The van der Waals surface area contributed by atoms with Gasteiger partial charge in [0.25, 0.3) is 0 Å². The summed E-state index contributed by atoms with van der Waals surface area (Å²) in [6, 6.07) is 4.18. The van der Waals surface area contributed by atoms with Crippen LogP contribution in [0.1, 0.15) is 33.5 Å². The molecule has 0 aliphatic heterocycles. The summed E-state index contributed by atoms with van der Waals surface area (Å²) in [6.45, 7) is 8.34. The minimum absolute atomic E-state index is 0. The number of hydrogen-bond acceptors (Lipinski definition) is 3. The van der Waals surface area contributed by atoms with E-state index in [4.69, 9.17) is 5.73 Å². The van der Waals surface area contributed by atoms with Gasteiger partial charge in [0.2, 0.25) is 0 Å². The second kappa shape index (κ2) is 5.51. The number of fused-ring (bicyclic) bond motifs is 1. The number of aromatic nitrogens is 2. The summed E-state index contributed by atoms with van der Waals surface area (Å²) >= 11 is 1.85. The van der Waals surface area contributed by atoms with Gasteiger partial charge in [-0.15, -0.1) is 24.2 Å². The van der Waals surface area contributed by atoms with Crippen LogP contribution >= 0.6 is 24.2 Å². The Labute approximate surface area is 119 Å². The van der Waals surface area contributed by atoms with Gasteiger partial charge in [0.05, 0.1) is 17.3 Å². The Morgan fingerprint density at radius 1 is 1.39 bits per heavy atom. The van der Waals surface area contributed by atoms with E-state index in [1.807, 2.05) is 38.0 Å². The zero-order valence-electron chi connectivity index (χ0n) is 11.2. The van der Waals surface area contributed by atoms with Crippen molar-refractivity contribution in [1.29, 1.82) is 0 Å². The SMILES string of the molecule is CC(C)Sc1cccn2c(C(C)(C)N)ncc12.Cl. The van der Waals surface area contributed by atoms with Crippen LogP contribution in [0.15, 0.2) is 29.4 Å². The van der Waals surface area contributed by atoms with E-state index in [0.717, 1.165) is 11.3 Å². The highest BCUT2D eigenvalue weighted by atomic mass is 35.5. The van der Waals surface area contributed by atoms with Crippen LogP contribution in [0.3, 0.4) is 0 Å². The van der Waals surface area contributed by atoms with Crippen molar-refractivity contribution in [2.45, 2.75) is 43.4 Å². The highest BCUT2D eigenvalue weighted by Gasteiger charge is 2.20. The standard InChI is InChI=1S/C13H19N3S.ClH/c1-9(2)17-11-6-5-7-16-10(11)8-15-12(16)13(3,4)14;/h5-9H,14H2,1-4H3;1H. The van der Waals surface area contributed by atoms with Gasteiger partial charge in [-0.25, -0.2) is 4.98 Å². The fourth-order valence-electron chi connectivity index (χ4n) is 1.83. The topological polar surface area (TPSA) is 43.3 Å². The van der Waals surface area contributed by atoms with Gasteiger partial charge in [-0.3, -0.25) is 0 Å². The zero-order chi connectivity index (χ0) is 12.6. The second-order valence-electron chi connectivity index (χ2n) is 5.10. The van der Waals surface area contributed by atoms with Crippen molar-refractivity contribution >= 4 is 29.7 Å². The fourth-order valence-corrected chi connectivity index (χ4v) is 2.76. The van der Waals surface area contributed by atoms with Crippen LogP contribution in [0, 0.1) is 0 Å². The van der Waals surface area contributed by atoms with Crippen molar-refractivity contribution in [2.75, 3.05) is 0 Å². The summed E-state index contributed by atoms with van der Waals surface area (Å²) in [4.78, 5) is 5.71. The molecule has 0 saturated heterocycles. The molecule has 2 aromatic heterocycles. The molecule has 0 fully saturated rings.